The number of carbonyl (C=O) groups is 1. The Kier molecular flexibility index (Phi) is 6.73. The second-order valence-electron chi connectivity index (χ2n) is 5.98. The number of hydrogen-bond donors (Lipinski definition) is 1. The molecule has 4 heteroatoms. The van der Waals surface area contributed by atoms with E-state index in [1.165, 1.54) is 11.1 Å². The maximum absolute atomic E-state index is 12.1. The quantitative estimate of drug-likeness (QED) is 0.602. The highest BCUT2D eigenvalue weighted by molar-refractivity contribution is 8.00. The standard InChI is InChI=1S/C20H25NO2S/c1-14-5-8-18(9-6-14)24-17(4)20(22)21-11-12-23-19-10-7-15(2)13-16(19)3/h5-10,13,17H,11-12H2,1-4H3,(H,21,22). The van der Waals surface area contributed by atoms with E-state index in [1.54, 1.807) is 11.8 Å². The first-order chi connectivity index (χ1) is 11.5. The highest BCUT2D eigenvalue weighted by Gasteiger charge is 2.13. The van der Waals surface area contributed by atoms with Gasteiger partial charge in [-0.2, -0.15) is 0 Å². The Morgan fingerprint density at radius 1 is 1.08 bits per heavy atom. The van der Waals surface area contributed by atoms with Gasteiger partial charge in [0.05, 0.1) is 11.8 Å². The van der Waals surface area contributed by atoms with Gasteiger partial charge in [0.1, 0.15) is 12.4 Å². The molecular weight excluding hydrogens is 318 g/mol. The largest absolute Gasteiger partial charge is 0.491 e. The Bertz CT molecular complexity index is 683. The maximum Gasteiger partial charge on any atom is 0.233 e. The zero-order valence-electron chi connectivity index (χ0n) is 14.8. The van der Waals surface area contributed by atoms with Crippen molar-refractivity contribution in [2.45, 2.75) is 37.8 Å². The molecule has 1 amide bonds. The average molecular weight is 343 g/mol. The van der Waals surface area contributed by atoms with Crippen LogP contribution in [0.25, 0.3) is 0 Å². The molecule has 0 aliphatic rings. The summed E-state index contributed by atoms with van der Waals surface area (Å²) in [4.78, 5) is 13.3. The Balaban J connectivity index is 1.73. The summed E-state index contributed by atoms with van der Waals surface area (Å²) in [5, 5.41) is 2.80. The third-order valence-corrected chi connectivity index (χ3v) is 4.80. The number of amides is 1. The van der Waals surface area contributed by atoms with E-state index in [-0.39, 0.29) is 11.2 Å². The number of nitrogens with one attached hydrogen (secondary N) is 1. The molecule has 0 saturated heterocycles. The molecule has 1 atom stereocenters. The van der Waals surface area contributed by atoms with E-state index in [2.05, 4.69) is 37.4 Å². The van der Waals surface area contributed by atoms with Gasteiger partial charge in [0.2, 0.25) is 5.91 Å². The lowest BCUT2D eigenvalue weighted by molar-refractivity contribution is -0.120. The Morgan fingerprint density at radius 2 is 1.75 bits per heavy atom. The van der Waals surface area contributed by atoms with Crippen molar-refractivity contribution >= 4 is 17.7 Å². The van der Waals surface area contributed by atoms with Crippen LogP contribution in [0, 0.1) is 20.8 Å². The molecule has 0 fully saturated rings. The molecular formula is C20H25NO2S. The summed E-state index contributed by atoms with van der Waals surface area (Å²) in [6.45, 7) is 9.04. The zero-order chi connectivity index (χ0) is 17.5. The van der Waals surface area contributed by atoms with Gasteiger partial charge in [0.25, 0.3) is 0 Å². The third-order valence-electron chi connectivity index (χ3n) is 3.69. The van der Waals surface area contributed by atoms with Crippen molar-refractivity contribution in [2.75, 3.05) is 13.2 Å². The first kappa shape index (κ1) is 18.4. The van der Waals surface area contributed by atoms with Crippen LogP contribution in [0.3, 0.4) is 0 Å². The normalized spacial score (nSPS) is 11.8. The van der Waals surface area contributed by atoms with Crippen molar-refractivity contribution in [1.82, 2.24) is 5.32 Å². The van der Waals surface area contributed by atoms with Crippen molar-refractivity contribution < 1.29 is 9.53 Å². The van der Waals surface area contributed by atoms with Gasteiger partial charge in [-0.25, -0.2) is 0 Å². The van der Waals surface area contributed by atoms with Crippen LogP contribution in [0.4, 0.5) is 0 Å². The van der Waals surface area contributed by atoms with Crippen molar-refractivity contribution in [3.8, 4) is 5.75 Å². The molecule has 0 saturated carbocycles. The molecule has 2 aromatic rings. The minimum atomic E-state index is -0.131. The third kappa shape index (κ3) is 5.60. The molecule has 0 spiro atoms. The van der Waals surface area contributed by atoms with Crippen LogP contribution < -0.4 is 10.1 Å². The summed E-state index contributed by atoms with van der Waals surface area (Å²) in [5.74, 6) is 0.904. The van der Waals surface area contributed by atoms with Crippen molar-refractivity contribution in [1.29, 1.82) is 0 Å². The number of hydrogen-bond acceptors (Lipinski definition) is 3. The number of aryl methyl sites for hydroxylation is 3. The molecule has 24 heavy (non-hydrogen) atoms. The number of benzene rings is 2. The second-order valence-corrected chi connectivity index (χ2v) is 7.40. The van der Waals surface area contributed by atoms with Crippen LogP contribution in [0.2, 0.25) is 0 Å². The fraction of sp³-hybridized carbons (Fsp3) is 0.350. The lowest BCUT2D eigenvalue weighted by atomic mass is 10.1. The van der Waals surface area contributed by atoms with Crippen LogP contribution in [0.15, 0.2) is 47.4 Å². The monoisotopic (exact) mass is 343 g/mol. The van der Waals surface area contributed by atoms with Crippen molar-refractivity contribution in [3.05, 3.63) is 59.2 Å². The minimum Gasteiger partial charge on any atom is -0.491 e. The van der Waals surface area contributed by atoms with Gasteiger partial charge in [0, 0.05) is 4.90 Å². The van der Waals surface area contributed by atoms with Gasteiger partial charge < -0.3 is 10.1 Å². The Hall–Kier alpha value is -1.94. The molecule has 0 aliphatic carbocycles. The van der Waals surface area contributed by atoms with E-state index in [1.807, 2.05) is 38.1 Å². The molecule has 0 aliphatic heterocycles. The van der Waals surface area contributed by atoms with Gasteiger partial charge >= 0.3 is 0 Å². The van der Waals surface area contributed by atoms with Crippen LogP contribution >= 0.6 is 11.8 Å². The van der Waals surface area contributed by atoms with E-state index in [9.17, 15) is 4.79 Å². The van der Waals surface area contributed by atoms with Crippen LogP contribution in [0.1, 0.15) is 23.6 Å². The molecule has 128 valence electrons. The van der Waals surface area contributed by atoms with Crippen molar-refractivity contribution in [3.63, 3.8) is 0 Å². The number of thioether (sulfide) groups is 1. The number of carbonyl (C=O) groups excluding carboxylic acids is 1. The number of ether oxygens (including phenoxy) is 1. The molecule has 2 aromatic carbocycles. The SMILES string of the molecule is Cc1ccc(SC(C)C(=O)NCCOc2ccc(C)cc2C)cc1. The van der Waals surface area contributed by atoms with E-state index >= 15 is 0 Å². The van der Waals surface area contributed by atoms with Gasteiger partial charge in [-0.05, 0) is 51.5 Å². The summed E-state index contributed by atoms with van der Waals surface area (Å²) >= 11 is 1.57. The maximum atomic E-state index is 12.1. The molecule has 1 unspecified atom stereocenters. The molecule has 0 aromatic heterocycles. The average Bonchev–Trinajstić information content (AvgIpc) is 2.55. The van der Waals surface area contributed by atoms with Gasteiger partial charge in [0.15, 0.2) is 0 Å². The fourth-order valence-electron chi connectivity index (χ4n) is 2.31. The lowest BCUT2D eigenvalue weighted by Crippen LogP contribution is -2.34. The molecule has 0 bridgehead atoms. The van der Waals surface area contributed by atoms with Gasteiger partial charge in [-0.1, -0.05) is 35.4 Å². The molecule has 0 radical (unpaired) electrons. The Morgan fingerprint density at radius 3 is 2.42 bits per heavy atom. The first-order valence-electron chi connectivity index (χ1n) is 8.17. The molecule has 3 nitrogen and oxygen atoms in total. The molecule has 1 N–H and O–H groups in total. The van der Waals surface area contributed by atoms with E-state index in [4.69, 9.17) is 4.74 Å². The summed E-state index contributed by atoms with van der Waals surface area (Å²) in [5.41, 5.74) is 3.56. The lowest BCUT2D eigenvalue weighted by Gasteiger charge is -2.13. The predicted molar refractivity (Wildman–Crippen MR) is 101 cm³/mol. The number of rotatable bonds is 7. The van der Waals surface area contributed by atoms with Crippen LogP contribution in [0.5, 0.6) is 5.75 Å². The van der Waals surface area contributed by atoms with E-state index in [0.29, 0.717) is 13.2 Å². The molecule has 0 heterocycles. The van der Waals surface area contributed by atoms with Crippen LogP contribution in [-0.4, -0.2) is 24.3 Å². The van der Waals surface area contributed by atoms with Crippen molar-refractivity contribution in [2.24, 2.45) is 0 Å². The highest BCUT2D eigenvalue weighted by Crippen LogP contribution is 2.23. The van der Waals surface area contributed by atoms with Gasteiger partial charge in [-0.15, -0.1) is 11.8 Å². The summed E-state index contributed by atoms with van der Waals surface area (Å²) in [6, 6.07) is 14.3. The fourth-order valence-corrected chi connectivity index (χ4v) is 3.21. The highest BCUT2D eigenvalue weighted by atomic mass is 32.2. The first-order valence-corrected chi connectivity index (χ1v) is 9.05. The van der Waals surface area contributed by atoms with E-state index < -0.39 is 0 Å². The summed E-state index contributed by atoms with van der Waals surface area (Å²) < 4.78 is 5.73. The second kappa shape index (κ2) is 8.78. The topological polar surface area (TPSA) is 38.3 Å². The summed E-state index contributed by atoms with van der Waals surface area (Å²) in [7, 11) is 0. The Labute approximate surface area is 148 Å². The minimum absolute atomic E-state index is 0.0322. The predicted octanol–water partition coefficient (Wildman–Crippen LogP) is 4.29. The molecule has 2 rings (SSSR count). The summed E-state index contributed by atoms with van der Waals surface area (Å²) in [6.07, 6.45) is 0. The van der Waals surface area contributed by atoms with Gasteiger partial charge in [-0.3, -0.25) is 4.79 Å². The van der Waals surface area contributed by atoms with Crippen LogP contribution in [-0.2, 0) is 4.79 Å². The van der Waals surface area contributed by atoms with E-state index in [0.717, 1.165) is 16.2 Å². The zero-order valence-corrected chi connectivity index (χ0v) is 15.6. The smallest absolute Gasteiger partial charge is 0.233 e.